The second-order valence-corrected chi connectivity index (χ2v) is 5.54. The molecular weight excluding hydrogens is 340 g/mol. The van der Waals surface area contributed by atoms with Crippen LogP contribution in [0.15, 0.2) is 18.2 Å². The zero-order chi connectivity index (χ0) is 18.3. The van der Waals surface area contributed by atoms with E-state index in [0.29, 0.717) is 6.07 Å². The number of hydrogen-bond donors (Lipinski definition) is 2. The summed E-state index contributed by atoms with van der Waals surface area (Å²) < 4.78 is 77.3. The van der Waals surface area contributed by atoms with E-state index in [0.717, 1.165) is 17.0 Å². The Kier molecular flexibility index (Phi) is 4.70. The highest BCUT2D eigenvalue weighted by Crippen LogP contribution is 2.38. The van der Waals surface area contributed by atoms with Gasteiger partial charge in [0.1, 0.15) is 0 Å². The van der Waals surface area contributed by atoms with E-state index in [1.54, 1.807) is 0 Å². The van der Waals surface area contributed by atoms with Crippen molar-refractivity contribution in [2.24, 2.45) is 5.73 Å². The maximum atomic E-state index is 13.0. The van der Waals surface area contributed by atoms with Crippen LogP contribution in [0.1, 0.15) is 17.5 Å². The molecule has 1 aliphatic rings. The number of nitriles is 1. The molecule has 1 saturated heterocycles. The van der Waals surface area contributed by atoms with E-state index in [1.165, 1.54) is 6.07 Å². The Morgan fingerprint density at radius 1 is 1.25 bits per heavy atom. The number of nitrogens with zero attached hydrogens (tertiary/aromatic N) is 2. The largest absolute Gasteiger partial charge is 0.417 e. The zero-order valence-corrected chi connectivity index (χ0v) is 12.1. The maximum absolute atomic E-state index is 13.0. The molecule has 0 aromatic heterocycles. The fourth-order valence-corrected chi connectivity index (χ4v) is 2.76. The average molecular weight is 353 g/mol. The molecule has 0 saturated carbocycles. The van der Waals surface area contributed by atoms with Crippen LogP contribution in [0.3, 0.4) is 0 Å². The molecule has 1 heterocycles. The van der Waals surface area contributed by atoms with Crippen LogP contribution in [0.4, 0.5) is 32.0 Å². The molecule has 2 rings (SSSR count). The predicted molar refractivity (Wildman–Crippen MR) is 71.9 cm³/mol. The van der Waals surface area contributed by atoms with Crippen LogP contribution in [0.2, 0.25) is 0 Å². The molecule has 0 bridgehead atoms. The average Bonchev–Trinajstić information content (AvgIpc) is 2.85. The lowest BCUT2D eigenvalue weighted by atomic mass is 10.0. The molecule has 1 aromatic carbocycles. The predicted octanol–water partition coefficient (Wildman–Crippen LogP) is 2.41. The van der Waals surface area contributed by atoms with Gasteiger partial charge in [0.15, 0.2) is 6.10 Å². The van der Waals surface area contributed by atoms with E-state index >= 15 is 0 Å². The molecule has 1 aliphatic heterocycles. The lowest BCUT2D eigenvalue weighted by Gasteiger charge is -2.31. The smallest absolute Gasteiger partial charge is 0.382 e. The third kappa shape index (κ3) is 3.57. The molecule has 4 nitrogen and oxygen atoms in total. The summed E-state index contributed by atoms with van der Waals surface area (Å²) in [5, 5.41) is 18.2. The molecule has 24 heavy (non-hydrogen) atoms. The lowest BCUT2D eigenvalue weighted by molar-refractivity contribution is -0.209. The molecule has 0 radical (unpaired) electrons. The Labute approximate surface area is 133 Å². The van der Waals surface area contributed by atoms with Crippen LogP contribution in [0, 0.1) is 11.3 Å². The summed E-state index contributed by atoms with van der Waals surface area (Å²) in [4.78, 5) is 0.999. The summed E-state index contributed by atoms with van der Waals surface area (Å²) in [7, 11) is 0. The summed E-state index contributed by atoms with van der Waals surface area (Å²) in [6, 6.07) is 1.78. The van der Waals surface area contributed by atoms with Gasteiger partial charge in [0.25, 0.3) is 0 Å². The van der Waals surface area contributed by atoms with Gasteiger partial charge in [-0.2, -0.15) is 31.6 Å². The number of anilines is 1. The number of rotatable bonds is 2. The Morgan fingerprint density at radius 2 is 1.88 bits per heavy atom. The number of aliphatic hydroxyl groups excluding tert-OH is 1. The summed E-state index contributed by atoms with van der Waals surface area (Å²) in [6.45, 7) is -0.138. The van der Waals surface area contributed by atoms with E-state index in [4.69, 9.17) is 11.0 Å². The number of nitrogens with two attached hydrogens (primary N) is 1. The second kappa shape index (κ2) is 6.14. The van der Waals surface area contributed by atoms with Crippen molar-refractivity contribution in [3.05, 3.63) is 29.3 Å². The standard InChI is InChI=1S/C14H13F6N3O/c15-13(16,17)10-4-9(2-1-7(10)5-21)23-6-8(22)3-11(23)12(24)14(18,19)20/h1-2,4,8,11-12,24H,3,6,22H2/t8?,11-,12+/m1/s1. The first-order valence-electron chi connectivity index (χ1n) is 6.83. The number of halogens is 6. The van der Waals surface area contributed by atoms with Crippen LogP contribution in [0.25, 0.3) is 0 Å². The van der Waals surface area contributed by atoms with Gasteiger partial charge in [0.05, 0.1) is 23.2 Å². The van der Waals surface area contributed by atoms with Crippen LogP contribution >= 0.6 is 0 Å². The first-order chi connectivity index (χ1) is 10.9. The van der Waals surface area contributed by atoms with Gasteiger partial charge in [-0.3, -0.25) is 0 Å². The molecule has 0 amide bonds. The fourth-order valence-electron chi connectivity index (χ4n) is 2.76. The first kappa shape index (κ1) is 18.4. The molecule has 0 spiro atoms. The highest BCUT2D eigenvalue weighted by Gasteiger charge is 2.49. The van der Waals surface area contributed by atoms with Gasteiger partial charge in [0, 0.05) is 18.3 Å². The van der Waals surface area contributed by atoms with Gasteiger partial charge in [-0.1, -0.05) is 0 Å². The van der Waals surface area contributed by atoms with Crippen LogP contribution in [-0.2, 0) is 6.18 Å². The van der Waals surface area contributed by atoms with Crippen molar-refractivity contribution in [3.8, 4) is 6.07 Å². The molecule has 0 aliphatic carbocycles. The Morgan fingerprint density at radius 3 is 2.38 bits per heavy atom. The quantitative estimate of drug-likeness (QED) is 0.801. The molecule has 132 valence electrons. The van der Waals surface area contributed by atoms with Crippen molar-refractivity contribution in [3.63, 3.8) is 0 Å². The minimum atomic E-state index is -4.92. The second-order valence-electron chi connectivity index (χ2n) is 5.54. The maximum Gasteiger partial charge on any atom is 0.417 e. The number of benzene rings is 1. The van der Waals surface area contributed by atoms with E-state index in [1.807, 2.05) is 0 Å². The van der Waals surface area contributed by atoms with Gasteiger partial charge in [0.2, 0.25) is 0 Å². The molecule has 3 atom stereocenters. The molecule has 1 fully saturated rings. The summed E-state index contributed by atoms with van der Waals surface area (Å²) >= 11 is 0. The number of hydrogen-bond acceptors (Lipinski definition) is 4. The van der Waals surface area contributed by atoms with Gasteiger partial charge >= 0.3 is 12.4 Å². The van der Waals surface area contributed by atoms with E-state index in [-0.39, 0.29) is 18.7 Å². The van der Waals surface area contributed by atoms with Gasteiger partial charge in [-0.05, 0) is 24.6 Å². The van der Waals surface area contributed by atoms with Crippen LogP contribution in [0.5, 0.6) is 0 Å². The Balaban J connectivity index is 2.44. The minimum Gasteiger partial charge on any atom is -0.382 e. The van der Waals surface area contributed by atoms with Crippen LogP contribution in [-0.4, -0.2) is 36.0 Å². The van der Waals surface area contributed by atoms with Gasteiger partial charge in [-0.25, -0.2) is 0 Å². The van der Waals surface area contributed by atoms with Crippen LogP contribution < -0.4 is 10.6 Å². The summed E-state index contributed by atoms with van der Waals surface area (Å²) in [6.07, 6.45) is -12.7. The summed E-state index contributed by atoms with van der Waals surface area (Å²) in [5.74, 6) is 0. The lowest BCUT2D eigenvalue weighted by Crippen LogP contribution is -2.47. The van der Waals surface area contributed by atoms with Gasteiger partial charge < -0.3 is 15.7 Å². The first-order valence-corrected chi connectivity index (χ1v) is 6.83. The van der Waals surface area contributed by atoms with Crippen molar-refractivity contribution in [2.75, 3.05) is 11.4 Å². The van der Waals surface area contributed by atoms with E-state index < -0.39 is 41.7 Å². The van der Waals surface area contributed by atoms with Crippen molar-refractivity contribution in [2.45, 2.75) is 37.0 Å². The zero-order valence-electron chi connectivity index (χ0n) is 12.1. The highest BCUT2D eigenvalue weighted by atomic mass is 19.4. The molecule has 1 unspecified atom stereocenters. The highest BCUT2D eigenvalue weighted by molar-refractivity contribution is 5.56. The number of alkyl halides is 6. The monoisotopic (exact) mass is 353 g/mol. The van der Waals surface area contributed by atoms with E-state index in [2.05, 4.69) is 0 Å². The minimum absolute atomic E-state index is 0.138. The molecule has 1 aromatic rings. The SMILES string of the molecule is N#Cc1ccc(N2CC(N)C[C@@H]2[C@H](O)C(F)(F)F)cc1C(F)(F)F. The van der Waals surface area contributed by atoms with Crippen molar-refractivity contribution in [1.29, 1.82) is 5.26 Å². The Bertz CT molecular complexity index is 651. The Hall–Kier alpha value is -1.99. The van der Waals surface area contributed by atoms with Crippen molar-refractivity contribution >= 4 is 5.69 Å². The number of aliphatic hydroxyl groups is 1. The third-order valence-corrected chi connectivity index (χ3v) is 3.84. The molecular formula is C14H13F6N3O. The summed E-state index contributed by atoms with van der Waals surface area (Å²) in [5.41, 5.74) is 3.56. The molecule has 10 heteroatoms. The van der Waals surface area contributed by atoms with E-state index in [9.17, 15) is 31.4 Å². The fraction of sp³-hybridized carbons (Fsp3) is 0.500. The topological polar surface area (TPSA) is 73.3 Å². The third-order valence-electron chi connectivity index (χ3n) is 3.84. The normalized spacial score (nSPS) is 23.2. The molecule has 3 N–H and O–H groups in total. The van der Waals surface area contributed by atoms with Crippen molar-refractivity contribution < 1.29 is 31.4 Å². The van der Waals surface area contributed by atoms with Gasteiger partial charge in [-0.15, -0.1) is 0 Å². The van der Waals surface area contributed by atoms with Crippen molar-refractivity contribution in [1.82, 2.24) is 0 Å².